The van der Waals surface area contributed by atoms with Gasteiger partial charge in [-0.3, -0.25) is 4.79 Å². The Kier molecular flexibility index (Phi) is 6.37. The molecule has 3 N–H and O–H groups in total. The molecule has 27 heavy (non-hydrogen) atoms. The number of carbonyl (C=O) groups excluding carboxylic acids is 1. The van der Waals surface area contributed by atoms with Gasteiger partial charge < -0.3 is 15.1 Å². The molecular weight excluding hydrogens is 364 g/mol. The summed E-state index contributed by atoms with van der Waals surface area (Å²) in [5.74, 6) is 0.0342. The van der Waals surface area contributed by atoms with Crippen molar-refractivity contribution < 1.29 is 15.0 Å². The normalized spacial score (nSPS) is 15.4. The summed E-state index contributed by atoms with van der Waals surface area (Å²) in [7, 11) is 0. The monoisotopic (exact) mass is 386 g/mol. The lowest BCUT2D eigenvalue weighted by molar-refractivity contribution is -0.126. The molecule has 5 nitrogen and oxygen atoms in total. The molecule has 0 saturated carbocycles. The summed E-state index contributed by atoms with van der Waals surface area (Å²) in [6, 6.07) is 12.9. The van der Waals surface area contributed by atoms with Crippen molar-refractivity contribution in [1.29, 1.82) is 0 Å². The molecule has 0 atom stereocenters. The van der Waals surface area contributed by atoms with Crippen LogP contribution in [0, 0.1) is 0 Å². The third-order valence-electron chi connectivity index (χ3n) is 4.92. The van der Waals surface area contributed by atoms with Crippen molar-refractivity contribution in [1.82, 2.24) is 9.74 Å². The Morgan fingerprint density at radius 3 is 2.63 bits per heavy atom. The number of amides is 1. The summed E-state index contributed by atoms with van der Waals surface area (Å²) in [6.07, 6.45) is 5.02. The zero-order valence-corrected chi connectivity index (χ0v) is 15.7. The van der Waals surface area contributed by atoms with Crippen molar-refractivity contribution in [2.75, 3.05) is 13.1 Å². The number of phenolic OH excluding ortho intramolecular Hbond substituents is 2. The molecule has 0 radical (unpaired) electrons. The fraction of sp³-hybridized carbons (Fsp3) is 0.286. The van der Waals surface area contributed by atoms with Crippen molar-refractivity contribution in [2.24, 2.45) is 0 Å². The van der Waals surface area contributed by atoms with Gasteiger partial charge in [0.2, 0.25) is 5.91 Å². The van der Waals surface area contributed by atoms with Crippen LogP contribution in [0.4, 0.5) is 0 Å². The zero-order chi connectivity index (χ0) is 19.2. The fourth-order valence-electron chi connectivity index (χ4n) is 3.38. The van der Waals surface area contributed by atoms with E-state index in [1.54, 1.807) is 12.1 Å². The average Bonchev–Trinajstić information content (AvgIpc) is 2.69. The first-order valence-corrected chi connectivity index (χ1v) is 9.36. The Labute approximate surface area is 164 Å². The quantitative estimate of drug-likeness (QED) is 0.415. The van der Waals surface area contributed by atoms with Crippen molar-refractivity contribution >= 4 is 23.8 Å². The molecule has 142 valence electrons. The SMILES string of the molecule is O=C(/C=C\c1ccc(O)c(O)c1)N1CCC(c2cccc(CNCl)c2)CC1. The second kappa shape index (κ2) is 8.93. The van der Waals surface area contributed by atoms with Crippen LogP contribution in [0.5, 0.6) is 11.5 Å². The number of aromatic hydroxyl groups is 2. The van der Waals surface area contributed by atoms with Gasteiger partial charge in [0.05, 0.1) is 0 Å². The highest BCUT2D eigenvalue weighted by atomic mass is 35.5. The van der Waals surface area contributed by atoms with E-state index in [4.69, 9.17) is 11.8 Å². The van der Waals surface area contributed by atoms with E-state index in [2.05, 4.69) is 17.0 Å². The van der Waals surface area contributed by atoms with E-state index in [9.17, 15) is 15.0 Å². The molecule has 0 aromatic heterocycles. The van der Waals surface area contributed by atoms with Gasteiger partial charge in [0.15, 0.2) is 11.5 Å². The number of hydrogen-bond donors (Lipinski definition) is 3. The molecule has 2 aromatic carbocycles. The lowest BCUT2D eigenvalue weighted by Crippen LogP contribution is -2.36. The third-order valence-corrected chi connectivity index (χ3v) is 5.05. The van der Waals surface area contributed by atoms with Gasteiger partial charge in [-0.15, -0.1) is 0 Å². The average molecular weight is 387 g/mol. The Balaban J connectivity index is 1.56. The van der Waals surface area contributed by atoms with Gasteiger partial charge in [-0.25, -0.2) is 4.84 Å². The molecular formula is C21H23ClN2O3. The van der Waals surface area contributed by atoms with Crippen molar-refractivity contribution in [3.8, 4) is 11.5 Å². The number of phenols is 2. The van der Waals surface area contributed by atoms with Gasteiger partial charge in [0.1, 0.15) is 0 Å². The van der Waals surface area contributed by atoms with Crippen molar-refractivity contribution in [2.45, 2.75) is 25.3 Å². The van der Waals surface area contributed by atoms with Gasteiger partial charge in [-0.05, 0) is 65.4 Å². The number of nitrogens with one attached hydrogen (secondary N) is 1. The van der Waals surface area contributed by atoms with Crippen LogP contribution in [0.15, 0.2) is 48.5 Å². The van der Waals surface area contributed by atoms with E-state index < -0.39 is 0 Å². The first-order valence-electron chi connectivity index (χ1n) is 8.98. The lowest BCUT2D eigenvalue weighted by Gasteiger charge is -2.31. The second-order valence-corrected chi connectivity index (χ2v) is 7.00. The van der Waals surface area contributed by atoms with Crippen LogP contribution in [0.25, 0.3) is 6.08 Å². The maximum Gasteiger partial charge on any atom is 0.246 e. The summed E-state index contributed by atoms with van der Waals surface area (Å²) in [4.78, 5) is 16.9. The predicted octanol–water partition coefficient (Wildman–Crippen LogP) is 3.76. The van der Waals surface area contributed by atoms with Crippen molar-refractivity contribution in [3.05, 3.63) is 65.2 Å². The molecule has 0 unspecified atom stereocenters. The summed E-state index contributed by atoms with van der Waals surface area (Å²) < 4.78 is 0. The largest absolute Gasteiger partial charge is 0.504 e. The van der Waals surface area contributed by atoms with E-state index in [0.29, 0.717) is 31.1 Å². The third kappa shape index (κ3) is 5.02. The summed E-state index contributed by atoms with van der Waals surface area (Å²) in [6.45, 7) is 2.06. The number of rotatable bonds is 5. The van der Waals surface area contributed by atoms with Crippen LogP contribution in [-0.2, 0) is 11.3 Å². The highest BCUT2D eigenvalue weighted by Gasteiger charge is 2.22. The van der Waals surface area contributed by atoms with Crippen LogP contribution in [-0.4, -0.2) is 34.1 Å². The molecule has 6 heteroatoms. The van der Waals surface area contributed by atoms with Gasteiger partial charge >= 0.3 is 0 Å². The van der Waals surface area contributed by atoms with Crippen LogP contribution >= 0.6 is 11.8 Å². The number of halogens is 1. The Morgan fingerprint density at radius 1 is 1.15 bits per heavy atom. The minimum atomic E-state index is -0.197. The molecule has 2 aromatic rings. The number of piperidine rings is 1. The topological polar surface area (TPSA) is 72.8 Å². The minimum Gasteiger partial charge on any atom is -0.504 e. The standard InChI is InChI=1S/C21H23ClN2O3/c22-23-14-16-2-1-3-18(12-16)17-8-10-24(11-9-17)21(27)7-5-15-4-6-19(25)20(26)13-15/h1-7,12-13,17,23,25-26H,8-11,14H2/b7-5-. The first-order chi connectivity index (χ1) is 13.1. The molecule has 1 heterocycles. The van der Waals surface area contributed by atoms with Gasteiger partial charge in [-0.2, -0.15) is 0 Å². The molecule has 0 aliphatic carbocycles. The smallest absolute Gasteiger partial charge is 0.246 e. The van der Waals surface area contributed by atoms with Gasteiger partial charge in [0.25, 0.3) is 0 Å². The number of benzene rings is 2. The molecule has 0 spiro atoms. The fourth-order valence-corrected chi connectivity index (χ4v) is 3.54. The molecule has 1 amide bonds. The summed E-state index contributed by atoms with van der Waals surface area (Å²) >= 11 is 5.59. The van der Waals surface area contributed by atoms with Gasteiger partial charge in [-0.1, -0.05) is 30.3 Å². The maximum absolute atomic E-state index is 12.4. The van der Waals surface area contributed by atoms with Gasteiger partial charge in [0, 0.05) is 25.7 Å². The molecule has 3 rings (SSSR count). The summed E-state index contributed by atoms with van der Waals surface area (Å²) in [5.41, 5.74) is 3.11. The molecule has 1 fully saturated rings. The highest BCUT2D eigenvalue weighted by Crippen LogP contribution is 2.29. The van der Waals surface area contributed by atoms with E-state index in [1.807, 2.05) is 17.0 Å². The number of likely N-dealkylation sites (tertiary alicyclic amines) is 1. The number of nitrogens with zero attached hydrogens (tertiary/aromatic N) is 1. The Hall–Kier alpha value is -2.50. The predicted molar refractivity (Wildman–Crippen MR) is 106 cm³/mol. The molecule has 1 aliphatic rings. The molecule has 0 bridgehead atoms. The van der Waals surface area contributed by atoms with Crippen LogP contribution in [0.2, 0.25) is 0 Å². The number of carbonyl (C=O) groups is 1. The molecule has 1 saturated heterocycles. The van der Waals surface area contributed by atoms with Crippen LogP contribution in [0.3, 0.4) is 0 Å². The van der Waals surface area contributed by atoms with Crippen LogP contribution < -0.4 is 4.84 Å². The summed E-state index contributed by atoms with van der Waals surface area (Å²) in [5, 5.41) is 18.8. The first kappa shape index (κ1) is 19.3. The number of hydrogen-bond acceptors (Lipinski definition) is 4. The van der Waals surface area contributed by atoms with E-state index in [1.165, 1.54) is 23.8 Å². The highest BCUT2D eigenvalue weighted by molar-refractivity contribution is 6.13. The van der Waals surface area contributed by atoms with Crippen molar-refractivity contribution in [3.63, 3.8) is 0 Å². The van der Waals surface area contributed by atoms with Crippen LogP contribution in [0.1, 0.15) is 35.4 Å². The maximum atomic E-state index is 12.4. The Bertz CT molecular complexity index is 830. The lowest BCUT2D eigenvalue weighted by atomic mass is 9.88. The van der Waals surface area contributed by atoms with E-state index in [-0.39, 0.29) is 17.4 Å². The van der Waals surface area contributed by atoms with E-state index in [0.717, 1.165) is 18.4 Å². The molecule has 1 aliphatic heterocycles. The Morgan fingerprint density at radius 2 is 1.93 bits per heavy atom. The van der Waals surface area contributed by atoms with E-state index >= 15 is 0 Å². The minimum absolute atomic E-state index is 0.0406. The second-order valence-electron chi connectivity index (χ2n) is 6.74. The zero-order valence-electron chi connectivity index (χ0n) is 14.9.